The molecular formula is C22H29ClN6O2. The number of hydrogen-bond donors (Lipinski definition) is 1. The first-order valence-corrected chi connectivity index (χ1v) is 10.3. The van der Waals surface area contributed by atoms with Gasteiger partial charge in [-0.1, -0.05) is 29.8 Å². The number of phenolic OH excluding ortho intramolecular Hbond substituents is 1. The summed E-state index contributed by atoms with van der Waals surface area (Å²) in [5, 5.41) is 22.1. The van der Waals surface area contributed by atoms with Crippen LogP contribution in [0.1, 0.15) is 23.0 Å². The summed E-state index contributed by atoms with van der Waals surface area (Å²) in [5.41, 5.74) is 3.55. The third kappa shape index (κ3) is 5.33. The summed E-state index contributed by atoms with van der Waals surface area (Å²) in [5.74, 6) is 1.13. The van der Waals surface area contributed by atoms with Crippen molar-refractivity contribution in [2.24, 2.45) is 0 Å². The average molecular weight is 445 g/mol. The molecule has 1 unspecified atom stereocenters. The van der Waals surface area contributed by atoms with Crippen molar-refractivity contribution in [1.82, 2.24) is 25.1 Å². The number of piperazine rings is 1. The number of nitrogens with zero attached hydrogens (tertiary/aromatic N) is 6. The molecule has 1 aliphatic rings. The summed E-state index contributed by atoms with van der Waals surface area (Å²) in [7, 11) is 1.68. The van der Waals surface area contributed by atoms with E-state index < -0.39 is 0 Å². The van der Waals surface area contributed by atoms with Crippen LogP contribution in [0.3, 0.4) is 0 Å². The van der Waals surface area contributed by atoms with Crippen LogP contribution in [-0.2, 0) is 11.3 Å². The van der Waals surface area contributed by atoms with Crippen LogP contribution < -0.4 is 4.90 Å². The number of hydrogen-bond acceptors (Lipinski definition) is 7. The zero-order valence-corrected chi connectivity index (χ0v) is 18.7. The van der Waals surface area contributed by atoms with Gasteiger partial charge < -0.3 is 14.7 Å². The van der Waals surface area contributed by atoms with Crippen LogP contribution in [0.2, 0.25) is 0 Å². The molecule has 4 rings (SSSR count). The molecule has 31 heavy (non-hydrogen) atoms. The van der Waals surface area contributed by atoms with Gasteiger partial charge in [-0.15, -0.1) is 17.5 Å². The first-order valence-electron chi connectivity index (χ1n) is 10.3. The van der Waals surface area contributed by atoms with Crippen LogP contribution in [-0.4, -0.2) is 70.1 Å². The third-order valence-corrected chi connectivity index (χ3v) is 5.60. The molecule has 3 aromatic rings. The van der Waals surface area contributed by atoms with Crippen molar-refractivity contribution in [3.8, 4) is 5.75 Å². The lowest BCUT2D eigenvalue weighted by Crippen LogP contribution is -2.48. The Balaban J connectivity index is 0.00000272. The largest absolute Gasteiger partial charge is 0.508 e. The SMILES string of the molecule is COCCn1nnnc1C(c1ccc(C)cc1)N1CCN(c2ccc(O)cc2)CC1.Cl. The number of aromatic nitrogens is 4. The van der Waals surface area contributed by atoms with Crippen LogP contribution in [0, 0.1) is 6.92 Å². The Morgan fingerprint density at radius 3 is 2.32 bits per heavy atom. The van der Waals surface area contributed by atoms with Crippen molar-refractivity contribution in [1.29, 1.82) is 0 Å². The van der Waals surface area contributed by atoms with Crippen LogP contribution in [0.4, 0.5) is 5.69 Å². The zero-order valence-electron chi connectivity index (χ0n) is 17.9. The van der Waals surface area contributed by atoms with Crippen LogP contribution in [0.15, 0.2) is 48.5 Å². The van der Waals surface area contributed by atoms with Crippen LogP contribution in [0.5, 0.6) is 5.75 Å². The summed E-state index contributed by atoms with van der Waals surface area (Å²) in [6, 6.07) is 16.0. The third-order valence-electron chi connectivity index (χ3n) is 5.60. The van der Waals surface area contributed by atoms with E-state index in [1.54, 1.807) is 19.2 Å². The average Bonchev–Trinajstić information content (AvgIpc) is 3.23. The van der Waals surface area contributed by atoms with Crippen molar-refractivity contribution in [2.75, 3.05) is 44.8 Å². The molecule has 1 saturated heterocycles. The van der Waals surface area contributed by atoms with Gasteiger partial charge in [-0.3, -0.25) is 4.90 Å². The fourth-order valence-corrected chi connectivity index (χ4v) is 3.92. The fourth-order valence-electron chi connectivity index (χ4n) is 3.92. The van der Waals surface area contributed by atoms with E-state index in [1.807, 2.05) is 16.8 Å². The molecule has 166 valence electrons. The Labute approximate surface area is 188 Å². The number of halogens is 1. The maximum atomic E-state index is 9.55. The van der Waals surface area contributed by atoms with Gasteiger partial charge in [0, 0.05) is 39.0 Å². The van der Waals surface area contributed by atoms with E-state index in [-0.39, 0.29) is 18.4 Å². The maximum Gasteiger partial charge on any atom is 0.173 e. The lowest BCUT2D eigenvalue weighted by atomic mass is 10.0. The number of aryl methyl sites for hydroxylation is 1. The quantitative estimate of drug-likeness (QED) is 0.600. The van der Waals surface area contributed by atoms with Gasteiger partial charge in [0.25, 0.3) is 0 Å². The Hall–Kier alpha value is -2.68. The summed E-state index contributed by atoms with van der Waals surface area (Å²) < 4.78 is 7.08. The minimum atomic E-state index is -0.0144. The smallest absolute Gasteiger partial charge is 0.173 e. The monoisotopic (exact) mass is 444 g/mol. The van der Waals surface area contributed by atoms with E-state index >= 15 is 0 Å². The molecule has 1 fully saturated rings. The van der Waals surface area contributed by atoms with Crippen LogP contribution in [0.25, 0.3) is 0 Å². The van der Waals surface area contributed by atoms with Crippen LogP contribution >= 0.6 is 12.4 Å². The zero-order chi connectivity index (χ0) is 20.9. The highest BCUT2D eigenvalue weighted by Gasteiger charge is 2.30. The number of anilines is 1. The molecule has 0 radical (unpaired) electrons. The Morgan fingerprint density at radius 1 is 1.00 bits per heavy atom. The van der Waals surface area contributed by atoms with Crippen molar-refractivity contribution in [3.63, 3.8) is 0 Å². The molecule has 1 aliphatic heterocycles. The van der Waals surface area contributed by atoms with E-state index in [9.17, 15) is 5.11 Å². The highest BCUT2D eigenvalue weighted by Crippen LogP contribution is 2.29. The van der Waals surface area contributed by atoms with E-state index in [2.05, 4.69) is 56.5 Å². The van der Waals surface area contributed by atoms with Gasteiger partial charge in [-0.25, -0.2) is 4.68 Å². The van der Waals surface area contributed by atoms with E-state index in [0.717, 1.165) is 37.7 Å². The number of tetrazole rings is 1. The molecule has 1 N–H and O–H groups in total. The van der Waals surface area contributed by atoms with Gasteiger partial charge in [-0.2, -0.15) is 0 Å². The number of benzene rings is 2. The molecule has 0 saturated carbocycles. The predicted molar refractivity (Wildman–Crippen MR) is 122 cm³/mol. The standard InChI is InChI=1S/C22H28N6O2.ClH/c1-17-3-5-18(6-4-17)21(22-23-24-25-28(22)15-16-30-2)27-13-11-26(12-14-27)19-7-9-20(29)10-8-19;/h3-10,21,29H,11-16H2,1-2H3;1H. The maximum absolute atomic E-state index is 9.55. The number of phenols is 1. The second-order valence-corrected chi connectivity index (χ2v) is 7.61. The van der Waals surface area contributed by atoms with Crippen molar-refractivity contribution in [3.05, 3.63) is 65.5 Å². The van der Waals surface area contributed by atoms with Gasteiger partial charge in [0.05, 0.1) is 19.2 Å². The normalized spacial score (nSPS) is 15.5. The molecular weight excluding hydrogens is 416 g/mol. The molecule has 0 amide bonds. The van der Waals surface area contributed by atoms with E-state index in [4.69, 9.17) is 4.74 Å². The van der Waals surface area contributed by atoms with Crippen molar-refractivity contribution < 1.29 is 9.84 Å². The predicted octanol–water partition coefficient (Wildman–Crippen LogP) is 2.67. The van der Waals surface area contributed by atoms with Gasteiger partial charge in [-0.05, 0) is 47.2 Å². The molecule has 2 aromatic carbocycles. The van der Waals surface area contributed by atoms with Crippen molar-refractivity contribution >= 4 is 18.1 Å². The second kappa shape index (κ2) is 10.6. The Kier molecular flexibility index (Phi) is 7.84. The Morgan fingerprint density at radius 2 is 1.68 bits per heavy atom. The first-order chi connectivity index (χ1) is 14.7. The van der Waals surface area contributed by atoms with Gasteiger partial charge in [0.1, 0.15) is 5.75 Å². The molecule has 2 heterocycles. The molecule has 8 nitrogen and oxygen atoms in total. The Bertz CT molecular complexity index is 939. The first kappa shape index (κ1) is 23.0. The lowest BCUT2D eigenvalue weighted by molar-refractivity contribution is 0.172. The molecule has 0 bridgehead atoms. The molecule has 0 aliphatic carbocycles. The molecule has 1 atom stereocenters. The fraction of sp³-hybridized carbons (Fsp3) is 0.409. The summed E-state index contributed by atoms with van der Waals surface area (Å²) in [6.07, 6.45) is 0. The van der Waals surface area contributed by atoms with E-state index in [1.165, 1.54) is 11.1 Å². The summed E-state index contributed by atoms with van der Waals surface area (Å²) in [4.78, 5) is 4.78. The van der Waals surface area contributed by atoms with E-state index in [0.29, 0.717) is 18.9 Å². The molecule has 9 heteroatoms. The lowest BCUT2D eigenvalue weighted by Gasteiger charge is -2.40. The molecule has 1 aromatic heterocycles. The van der Waals surface area contributed by atoms with Gasteiger partial charge in [0.2, 0.25) is 0 Å². The molecule has 0 spiro atoms. The summed E-state index contributed by atoms with van der Waals surface area (Å²) in [6.45, 7) is 6.84. The minimum Gasteiger partial charge on any atom is -0.508 e. The van der Waals surface area contributed by atoms with Gasteiger partial charge in [0.15, 0.2) is 5.82 Å². The second-order valence-electron chi connectivity index (χ2n) is 7.61. The number of ether oxygens (including phenoxy) is 1. The number of rotatable bonds is 7. The van der Waals surface area contributed by atoms with Gasteiger partial charge >= 0.3 is 0 Å². The topological polar surface area (TPSA) is 79.5 Å². The number of methoxy groups -OCH3 is 1. The highest BCUT2D eigenvalue weighted by atomic mass is 35.5. The van der Waals surface area contributed by atoms with Crippen molar-refractivity contribution in [2.45, 2.75) is 19.5 Å². The summed E-state index contributed by atoms with van der Waals surface area (Å²) >= 11 is 0. The number of aromatic hydroxyl groups is 1. The minimum absolute atomic E-state index is 0. The highest BCUT2D eigenvalue weighted by molar-refractivity contribution is 5.85.